The maximum Gasteiger partial charge on any atom is 0.245 e. The summed E-state index contributed by atoms with van der Waals surface area (Å²) in [6, 6.07) is 5.55. The molecule has 8 nitrogen and oxygen atoms in total. The highest BCUT2D eigenvalue weighted by molar-refractivity contribution is 5.85. The number of anilines is 1. The van der Waals surface area contributed by atoms with E-state index < -0.39 is 0 Å². The SMILES string of the molecule is CN(c1ncc(-c2ccc(-c3cnco3)cc2O)nn1)C1CC(C)(C)NC(C)(C)C1.Cl. The Kier molecular flexibility index (Phi) is 6.25. The van der Waals surface area contributed by atoms with E-state index in [-0.39, 0.29) is 29.2 Å². The van der Waals surface area contributed by atoms with E-state index in [0.29, 0.717) is 29.0 Å². The first kappa shape index (κ1) is 23.0. The predicted molar refractivity (Wildman–Crippen MR) is 122 cm³/mol. The minimum atomic E-state index is 0. The zero-order chi connectivity index (χ0) is 21.5. The third-order valence-corrected chi connectivity index (χ3v) is 5.57. The summed E-state index contributed by atoms with van der Waals surface area (Å²) in [4.78, 5) is 10.5. The van der Waals surface area contributed by atoms with Crippen LogP contribution in [-0.4, -0.2) is 49.4 Å². The number of phenols is 1. The fourth-order valence-corrected chi connectivity index (χ4v) is 4.52. The molecule has 2 aromatic heterocycles. The molecular weight excluding hydrogens is 416 g/mol. The van der Waals surface area contributed by atoms with Gasteiger partial charge >= 0.3 is 0 Å². The van der Waals surface area contributed by atoms with Crippen LogP contribution in [0.25, 0.3) is 22.6 Å². The monoisotopic (exact) mass is 444 g/mol. The number of oxazole rings is 1. The number of aromatic nitrogens is 4. The van der Waals surface area contributed by atoms with Gasteiger partial charge in [0.1, 0.15) is 11.4 Å². The van der Waals surface area contributed by atoms with Crippen molar-refractivity contribution in [3.63, 3.8) is 0 Å². The van der Waals surface area contributed by atoms with E-state index in [1.165, 1.54) is 6.39 Å². The van der Waals surface area contributed by atoms with Crippen LogP contribution in [0.4, 0.5) is 5.95 Å². The average Bonchev–Trinajstić information content (AvgIpc) is 3.20. The Morgan fingerprint density at radius 3 is 2.35 bits per heavy atom. The van der Waals surface area contributed by atoms with Crippen LogP contribution in [0.15, 0.2) is 41.4 Å². The zero-order valence-corrected chi connectivity index (χ0v) is 19.3. The van der Waals surface area contributed by atoms with E-state index in [1.54, 1.807) is 24.5 Å². The largest absolute Gasteiger partial charge is 0.507 e. The van der Waals surface area contributed by atoms with Crippen molar-refractivity contribution in [2.45, 2.75) is 57.7 Å². The summed E-state index contributed by atoms with van der Waals surface area (Å²) >= 11 is 0. The smallest absolute Gasteiger partial charge is 0.245 e. The molecule has 166 valence electrons. The van der Waals surface area contributed by atoms with Gasteiger partial charge in [-0.05, 0) is 52.7 Å². The fraction of sp³-hybridized carbons (Fsp3) is 0.455. The van der Waals surface area contributed by atoms with Crippen molar-refractivity contribution in [1.29, 1.82) is 0 Å². The lowest BCUT2D eigenvalue weighted by molar-refractivity contribution is 0.160. The molecule has 0 aliphatic carbocycles. The van der Waals surface area contributed by atoms with Crippen LogP contribution >= 0.6 is 12.4 Å². The van der Waals surface area contributed by atoms with Gasteiger partial charge in [-0.1, -0.05) is 6.07 Å². The summed E-state index contributed by atoms with van der Waals surface area (Å²) in [7, 11) is 2.02. The molecule has 1 aliphatic rings. The average molecular weight is 445 g/mol. The number of aromatic hydroxyl groups is 1. The van der Waals surface area contributed by atoms with Crippen LogP contribution in [0.1, 0.15) is 40.5 Å². The maximum absolute atomic E-state index is 10.5. The number of rotatable bonds is 4. The molecule has 0 radical (unpaired) electrons. The van der Waals surface area contributed by atoms with E-state index in [1.807, 2.05) is 13.1 Å². The predicted octanol–water partition coefficient (Wildman–Crippen LogP) is 4.07. The van der Waals surface area contributed by atoms with Gasteiger partial charge in [-0.25, -0.2) is 9.97 Å². The fourth-order valence-electron chi connectivity index (χ4n) is 4.52. The molecule has 1 aromatic carbocycles. The van der Waals surface area contributed by atoms with Gasteiger partial charge in [0, 0.05) is 35.3 Å². The Labute approximate surface area is 188 Å². The van der Waals surface area contributed by atoms with Gasteiger partial charge in [-0.15, -0.1) is 22.6 Å². The molecule has 2 N–H and O–H groups in total. The Balaban J connectivity index is 0.00000272. The number of halogens is 1. The van der Waals surface area contributed by atoms with Crippen LogP contribution in [0.5, 0.6) is 5.75 Å². The third kappa shape index (κ3) is 4.97. The Hall–Kier alpha value is -2.71. The Morgan fingerprint density at radius 2 is 1.81 bits per heavy atom. The molecule has 0 amide bonds. The van der Waals surface area contributed by atoms with Gasteiger partial charge < -0.3 is 19.7 Å². The molecule has 0 atom stereocenters. The van der Waals surface area contributed by atoms with Crippen molar-refractivity contribution in [2.24, 2.45) is 0 Å². The topological polar surface area (TPSA) is 100 Å². The van der Waals surface area contributed by atoms with Gasteiger partial charge in [-0.3, -0.25) is 0 Å². The van der Waals surface area contributed by atoms with Gasteiger partial charge in [0.2, 0.25) is 5.95 Å². The normalized spacial score (nSPS) is 17.7. The molecule has 3 aromatic rings. The van der Waals surface area contributed by atoms with Crippen LogP contribution in [0.3, 0.4) is 0 Å². The highest BCUT2D eigenvalue weighted by atomic mass is 35.5. The van der Waals surface area contributed by atoms with Crippen molar-refractivity contribution < 1.29 is 9.52 Å². The number of hydrogen-bond donors (Lipinski definition) is 2. The lowest BCUT2D eigenvalue weighted by Gasteiger charge is -2.48. The quantitative estimate of drug-likeness (QED) is 0.621. The van der Waals surface area contributed by atoms with Crippen molar-refractivity contribution in [3.05, 3.63) is 37.0 Å². The summed E-state index contributed by atoms with van der Waals surface area (Å²) in [6.07, 6.45) is 6.59. The van der Waals surface area contributed by atoms with Gasteiger partial charge in [0.15, 0.2) is 12.2 Å². The third-order valence-electron chi connectivity index (χ3n) is 5.57. The summed E-state index contributed by atoms with van der Waals surface area (Å²) < 4.78 is 5.28. The number of hydrogen-bond acceptors (Lipinski definition) is 8. The van der Waals surface area contributed by atoms with Crippen molar-refractivity contribution in [1.82, 2.24) is 25.5 Å². The molecule has 4 rings (SSSR count). The first-order chi connectivity index (χ1) is 14.1. The second-order valence-electron chi connectivity index (χ2n) is 9.31. The minimum Gasteiger partial charge on any atom is -0.507 e. The number of nitrogens with one attached hydrogen (secondary N) is 1. The Bertz CT molecular complexity index is 1000. The zero-order valence-electron chi connectivity index (χ0n) is 18.5. The van der Waals surface area contributed by atoms with E-state index in [9.17, 15) is 5.11 Å². The molecule has 9 heteroatoms. The summed E-state index contributed by atoms with van der Waals surface area (Å²) in [5.74, 6) is 1.25. The first-order valence-electron chi connectivity index (χ1n) is 10.1. The standard InChI is InChI=1S/C22H28N6O2.ClH/c1-21(2)9-15(10-22(3,4)27-21)28(5)20-24-11-17(25-26-20)16-7-6-14(8-18(16)29)19-12-23-13-30-19;/h6-8,11-13,15,27,29H,9-10H2,1-5H3;1H. The summed E-state index contributed by atoms with van der Waals surface area (Å²) in [5, 5.41) is 22.8. The van der Waals surface area contributed by atoms with Crippen LogP contribution in [-0.2, 0) is 0 Å². The molecule has 31 heavy (non-hydrogen) atoms. The molecular formula is C22H29ClN6O2. The highest BCUT2D eigenvalue weighted by Crippen LogP contribution is 2.34. The molecule has 0 bridgehead atoms. The first-order valence-corrected chi connectivity index (χ1v) is 10.1. The molecule has 3 heterocycles. The van der Waals surface area contributed by atoms with E-state index in [4.69, 9.17) is 4.42 Å². The Morgan fingerprint density at radius 1 is 1.10 bits per heavy atom. The molecule has 1 aliphatic heterocycles. The van der Waals surface area contributed by atoms with Crippen molar-refractivity contribution >= 4 is 18.4 Å². The minimum absolute atomic E-state index is 0. The molecule has 0 unspecified atom stereocenters. The van der Waals surface area contributed by atoms with Crippen LogP contribution in [0.2, 0.25) is 0 Å². The second-order valence-corrected chi connectivity index (χ2v) is 9.31. The van der Waals surface area contributed by atoms with Crippen LogP contribution in [0, 0.1) is 0 Å². The van der Waals surface area contributed by atoms with Crippen molar-refractivity contribution in [2.75, 3.05) is 11.9 Å². The van der Waals surface area contributed by atoms with Gasteiger partial charge in [0.25, 0.3) is 0 Å². The lowest BCUT2D eigenvalue weighted by Crippen LogP contribution is -2.62. The highest BCUT2D eigenvalue weighted by Gasteiger charge is 2.39. The van der Waals surface area contributed by atoms with Crippen LogP contribution < -0.4 is 10.2 Å². The number of piperidine rings is 1. The van der Waals surface area contributed by atoms with Crippen molar-refractivity contribution in [3.8, 4) is 28.3 Å². The van der Waals surface area contributed by atoms with E-state index in [2.05, 4.69) is 58.1 Å². The molecule has 0 spiro atoms. The number of phenolic OH excluding ortho intramolecular Hbond substituents is 1. The number of benzene rings is 1. The molecule has 0 saturated carbocycles. The van der Waals surface area contributed by atoms with E-state index in [0.717, 1.165) is 18.4 Å². The second kappa shape index (κ2) is 8.43. The maximum atomic E-state index is 10.5. The lowest BCUT2D eigenvalue weighted by atomic mass is 9.79. The van der Waals surface area contributed by atoms with E-state index >= 15 is 0 Å². The summed E-state index contributed by atoms with van der Waals surface area (Å²) in [6.45, 7) is 8.90. The van der Waals surface area contributed by atoms with Gasteiger partial charge in [0.05, 0.1) is 12.4 Å². The number of nitrogens with zero attached hydrogens (tertiary/aromatic N) is 5. The molecule has 1 fully saturated rings. The molecule has 1 saturated heterocycles. The van der Waals surface area contributed by atoms with Gasteiger partial charge in [-0.2, -0.15) is 0 Å². The summed E-state index contributed by atoms with van der Waals surface area (Å²) in [5.41, 5.74) is 1.88.